The minimum Gasteiger partial charge on any atom is -0.476 e. The summed E-state index contributed by atoms with van der Waals surface area (Å²) in [5.41, 5.74) is 2.95. The highest BCUT2D eigenvalue weighted by Gasteiger charge is 2.21. The quantitative estimate of drug-likeness (QED) is 0.905. The molecule has 1 fully saturated rings. The molecule has 0 bridgehead atoms. The Morgan fingerprint density at radius 3 is 2.64 bits per heavy atom. The van der Waals surface area contributed by atoms with Gasteiger partial charge in [0.1, 0.15) is 5.75 Å². The molecule has 0 spiro atoms. The van der Waals surface area contributed by atoms with Crippen molar-refractivity contribution in [3.05, 3.63) is 60.2 Å². The molecule has 2 aliphatic heterocycles. The van der Waals surface area contributed by atoms with Crippen LogP contribution in [0.15, 0.2) is 54.6 Å². The van der Waals surface area contributed by atoms with E-state index in [1.165, 1.54) is 5.69 Å². The number of carbonyl (C=O) groups is 1. The van der Waals surface area contributed by atoms with Gasteiger partial charge in [0.25, 0.3) is 5.91 Å². The predicted molar refractivity (Wildman–Crippen MR) is 100 cm³/mol. The Hall–Kier alpha value is -2.79. The maximum absolute atomic E-state index is 12.5. The number of hydrogen-bond donors (Lipinski definition) is 2. The molecule has 0 saturated carbocycles. The Balaban J connectivity index is 1.40. The van der Waals surface area contributed by atoms with Crippen molar-refractivity contribution in [3.8, 4) is 5.75 Å². The predicted octanol–water partition coefficient (Wildman–Crippen LogP) is 2.51. The zero-order valence-corrected chi connectivity index (χ0v) is 13.9. The highest BCUT2D eigenvalue weighted by molar-refractivity contribution is 5.96. The lowest BCUT2D eigenvalue weighted by Crippen LogP contribution is -2.43. The van der Waals surface area contributed by atoms with Crippen LogP contribution in [0.5, 0.6) is 5.75 Å². The van der Waals surface area contributed by atoms with Gasteiger partial charge in [0.2, 0.25) is 0 Å². The van der Waals surface area contributed by atoms with Gasteiger partial charge in [0, 0.05) is 43.1 Å². The van der Waals surface area contributed by atoms with E-state index < -0.39 is 6.10 Å². The van der Waals surface area contributed by atoms with E-state index in [1.54, 1.807) is 6.08 Å². The van der Waals surface area contributed by atoms with Crippen LogP contribution in [0.25, 0.3) is 6.08 Å². The van der Waals surface area contributed by atoms with Crippen LogP contribution in [0, 0.1) is 0 Å². The average Bonchev–Trinajstić information content (AvgIpc) is 2.69. The second-order valence-electron chi connectivity index (χ2n) is 6.21. The second-order valence-corrected chi connectivity index (χ2v) is 6.21. The third-order valence-corrected chi connectivity index (χ3v) is 4.50. The Labute approximate surface area is 147 Å². The van der Waals surface area contributed by atoms with Crippen molar-refractivity contribution < 1.29 is 9.53 Å². The molecular formula is C20H21N3O2. The summed E-state index contributed by atoms with van der Waals surface area (Å²) < 4.78 is 5.77. The molecule has 2 aromatic carbocycles. The van der Waals surface area contributed by atoms with Gasteiger partial charge < -0.3 is 20.3 Å². The summed E-state index contributed by atoms with van der Waals surface area (Å²) >= 11 is 0. The minimum absolute atomic E-state index is 0.166. The largest absolute Gasteiger partial charge is 0.476 e. The van der Waals surface area contributed by atoms with E-state index >= 15 is 0 Å². The molecule has 1 unspecified atom stereocenters. The molecule has 1 amide bonds. The molecular weight excluding hydrogens is 314 g/mol. The van der Waals surface area contributed by atoms with E-state index in [2.05, 4.69) is 15.5 Å². The molecule has 4 rings (SSSR count). The third kappa shape index (κ3) is 3.51. The van der Waals surface area contributed by atoms with Crippen molar-refractivity contribution in [1.29, 1.82) is 0 Å². The van der Waals surface area contributed by atoms with Crippen LogP contribution >= 0.6 is 0 Å². The zero-order chi connectivity index (χ0) is 17.1. The molecule has 2 aromatic rings. The molecule has 1 saturated heterocycles. The van der Waals surface area contributed by atoms with Crippen molar-refractivity contribution in [2.24, 2.45) is 0 Å². The number of carbonyl (C=O) groups excluding carboxylic acids is 1. The van der Waals surface area contributed by atoms with Crippen LogP contribution in [-0.4, -0.2) is 38.2 Å². The van der Waals surface area contributed by atoms with Crippen LogP contribution in [-0.2, 0) is 4.79 Å². The van der Waals surface area contributed by atoms with Gasteiger partial charge in [-0.05, 0) is 36.4 Å². The number of fused-ring (bicyclic) bond motifs is 1. The number of nitrogens with zero attached hydrogens (tertiary/aromatic N) is 1. The summed E-state index contributed by atoms with van der Waals surface area (Å²) in [4.78, 5) is 14.8. The monoisotopic (exact) mass is 335 g/mol. The molecule has 0 radical (unpaired) electrons. The van der Waals surface area contributed by atoms with Crippen molar-refractivity contribution in [1.82, 2.24) is 5.32 Å². The molecule has 5 nitrogen and oxygen atoms in total. The van der Waals surface area contributed by atoms with E-state index in [4.69, 9.17) is 4.74 Å². The van der Waals surface area contributed by atoms with Crippen LogP contribution in [0.4, 0.5) is 11.4 Å². The van der Waals surface area contributed by atoms with Gasteiger partial charge in [0.05, 0.1) is 0 Å². The molecule has 2 aliphatic rings. The van der Waals surface area contributed by atoms with E-state index in [0.29, 0.717) is 0 Å². The first kappa shape index (κ1) is 15.7. The van der Waals surface area contributed by atoms with Gasteiger partial charge in [-0.15, -0.1) is 0 Å². The number of piperazine rings is 1. The van der Waals surface area contributed by atoms with E-state index in [0.717, 1.165) is 43.2 Å². The highest BCUT2D eigenvalue weighted by atomic mass is 16.5. The summed E-state index contributed by atoms with van der Waals surface area (Å²) in [7, 11) is 0. The van der Waals surface area contributed by atoms with Crippen molar-refractivity contribution >= 4 is 23.4 Å². The number of amides is 1. The number of ether oxygens (including phenoxy) is 1. The second kappa shape index (κ2) is 6.99. The van der Waals surface area contributed by atoms with Crippen molar-refractivity contribution in [3.63, 3.8) is 0 Å². The Morgan fingerprint density at radius 1 is 1.08 bits per heavy atom. The van der Waals surface area contributed by atoms with Gasteiger partial charge in [-0.3, -0.25) is 4.79 Å². The maximum Gasteiger partial charge on any atom is 0.269 e. The van der Waals surface area contributed by atoms with Crippen molar-refractivity contribution in [2.75, 3.05) is 36.4 Å². The summed E-state index contributed by atoms with van der Waals surface area (Å²) in [5.74, 6) is 0.569. The van der Waals surface area contributed by atoms with Crippen LogP contribution < -0.4 is 20.3 Å². The van der Waals surface area contributed by atoms with Gasteiger partial charge >= 0.3 is 0 Å². The number of hydrogen-bond acceptors (Lipinski definition) is 4. The van der Waals surface area contributed by atoms with Crippen LogP contribution in [0.2, 0.25) is 0 Å². The fourth-order valence-corrected chi connectivity index (χ4v) is 3.13. The SMILES string of the molecule is O=C(Nc1ccc(N2CCNCC2)cc1)C1C=Cc2ccccc2O1. The molecule has 2 heterocycles. The lowest BCUT2D eigenvalue weighted by molar-refractivity contribution is -0.120. The molecule has 0 aliphatic carbocycles. The number of anilines is 2. The number of rotatable bonds is 3. The number of para-hydroxylation sites is 1. The molecule has 25 heavy (non-hydrogen) atoms. The maximum atomic E-state index is 12.5. The standard InChI is InChI=1S/C20H21N3O2/c24-20(19-10-5-15-3-1-2-4-18(15)25-19)22-16-6-8-17(9-7-16)23-13-11-21-12-14-23/h1-10,19,21H,11-14H2,(H,22,24). The summed E-state index contributed by atoms with van der Waals surface area (Å²) in [6.45, 7) is 4.02. The molecule has 0 aromatic heterocycles. The number of nitrogens with one attached hydrogen (secondary N) is 2. The Morgan fingerprint density at radius 2 is 1.84 bits per heavy atom. The Bertz CT molecular complexity index is 780. The summed E-state index contributed by atoms with van der Waals surface area (Å²) in [5, 5.41) is 6.27. The third-order valence-electron chi connectivity index (χ3n) is 4.50. The summed E-state index contributed by atoms with van der Waals surface area (Å²) in [6.07, 6.45) is 3.10. The van der Waals surface area contributed by atoms with Crippen molar-refractivity contribution in [2.45, 2.75) is 6.10 Å². The fourth-order valence-electron chi connectivity index (χ4n) is 3.13. The first-order valence-corrected chi connectivity index (χ1v) is 8.60. The number of benzene rings is 2. The molecule has 2 N–H and O–H groups in total. The van der Waals surface area contributed by atoms with Crippen LogP contribution in [0.3, 0.4) is 0 Å². The first-order valence-electron chi connectivity index (χ1n) is 8.60. The van der Waals surface area contributed by atoms with E-state index in [9.17, 15) is 4.79 Å². The van der Waals surface area contributed by atoms with Crippen LogP contribution in [0.1, 0.15) is 5.56 Å². The Kier molecular flexibility index (Phi) is 4.39. The lowest BCUT2D eigenvalue weighted by Gasteiger charge is -2.29. The normalized spacial score (nSPS) is 19.0. The topological polar surface area (TPSA) is 53.6 Å². The van der Waals surface area contributed by atoms with Gasteiger partial charge in [-0.1, -0.05) is 24.3 Å². The highest BCUT2D eigenvalue weighted by Crippen LogP contribution is 2.26. The van der Waals surface area contributed by atoms with Gasteiger partial charge in [-0.2, -0.15) is 0 Å². The molecule has 1 atom stereocenters. The van der Waals surface area contributed by atoms with Gasteiger partial charge in [-0.25, -0.2) is 0 Å². The smallest absolute Gasteiger partial charge is 0.269 e. The molecule has 128 valence electrons. The molecule has 5 heteroatoms. The van der Waals surface area contributed by atoms with Gasteiger partial charge in [0.15, 0.2) is 6.10 Å². The van der Waals surface area contributed by atoms with E-state index in [1.807, 2.05) is 54.6 Å². The first-order chi connectivity index (χ1) is 12.3. The van der Waals surface area contributed by atoms with E-state index in [-0.39, 0.29) is 5.91 Å². The lowest BCUT2D eigenvalue weighted by atomic mass is 10.1. The minimum atomic E-state index is -0.609. The average molecular weight is 335 g/mol. The summed E-state index contributed by atoms with van der Waals surface area (Å²) in [6, 6.07) is 15.7. The fraction of sp³-hybridized carbons (Fsp3) is 0.250. The zero-order valence-electron chi connectivity index (χ0n) is 13.9.